The molecule has 1 aliphatic rings. The van der Waals surface area contributed by atoms with Crippen molar-refractivity contribution in [2.75, 3.05) is 0 Å². The predicted molar refractivity (Wildman–Crippen MR) is 103 cm³/mol. The Balaban J connectivity index is -0.000000365. The second kappa shape index (κ2) is 18.9. The van der Waals surface area contributed by atoms with Crippen LogP contribution in [0.3, 0.4) is 0 Å². The molecule has 0 heterocycles. The Bertz CT molecular complexity index is 361. The maximum Gasteiger partial charge on any atom is 0.217 e. The van der Waals surface area contributed by atoms with E-state index in [0.717, 1.165) is 0 Å². The third-order valence-corrected chi connectivity index (χ3v) is 4.57. The van der Waals surface area contributed by atoms with Crippen LogP contribution in [0.5, 0.6) is 0 Å². The SMILES string of the molecule is CC(=O)[NH][Ti+2].CC(C)[O-].CC(C)[O-].CCC1(CC)CCCC(NC(C)=O)C1. The Kier molecular flexibility index (Phi) is 21.9. The molecule has 7 heteroatoms. The summed E-state index contributed by atoms with van der Waals surface area (Å²) in [4.78, 5) is 20.7. The third-order valence-electron chi connectivity index (χ3n) is 4.02. The molecule has 1 unspecified atom stereocenters. The molecule has 1 aliphatic carbocycles. The van der Waals surface area contributed by atoms with Gasteiger partial charge in [-0.1, -0.05) is 60.8 Å². The third kappa shape index (κ3) is 25.6. The van der Waals surface area contributed by atoms with Gasteiger partial charge in [0.15, 0.2) is 0 Å². The van der Waals surface area contributed by atoms with Crippen molar-refractivity contribution in [3.05, 3.63) is 0 Å². The summed E-state index contributed by atoms with van der Waals surface area (Å²) in [7, 11) is 0. The summed E-state index contributed by atoms with van der Waals surface area (Å²) in [6, 6.07) is 0.432. The van der Waals surface area contributed by atoms with Crippen LogP contribution in [0.4, 0.5) is 0 Å². The zero-order chi connectivity index (χ0) is 22.0. The van der Waals surface area contributed by atoms with Gasteiger partial charge in [0.25, 0.3) is 0 Å². The van der Waals surface area contributed by atoms with Gasteiger partial charge in [0.2, 0.25) is 5.91 Å². The summed E-state index contributed by atoms with van der Waals surface area (Å²) in [6.45, 7) is 14.1. The zero-order valence-electron chi connectivity index (χ0n) is 18.6. The van der Waals surface area contributed by atoms with Crippen molar-refractivity contribution >= 4 is 11.8 Å². The first-order valence-corrected chi connectivity index (χ1v) is 10.7. The molecular formula is C20H41N2O4Ti. The first kappa shape index (κ1) is 31.3. The van der Waals surface area contributed by atoms with E-state index in [2.05, 4.69) is 23.0 Å². The summed E-state index contributed by atoms with van der Waals surface area (Å²) in [5, 5.41) is 22.1. The molecule has 27 heavy (non-hydrogen) atoms. The number of hydrogen-bond acceptors (Lipinski definition) is 4. The quantitative estimate of drug-likeness (QED) is 0.680. The van der Waals surface area contributed by atoms with E-state index in [1.54, 1.807) is 55.3 Å². The fourth-order valence-corrected chi connectivity index (χ4v) is 2.75. The van der Waals surface area contributed by atoms with Crippen LogP contribution < -0.4 is 19.3 Å². The molecule has 0 aromatic carbocycles. The standard InChI is InChI=1S/C12H23NO.2C3H7O.C2H5NO.Ti/c1-4-12(5-2)8-6-7-11(9-12)13-10(3)14;2*1-3(2)4;1-2(3)4;/h11H,4-9H2,1-3H3,(H,13,14);2*3H,1-2H3;1H3,(H2,3,4);/q;2*-1;;+3/p-1. The summed E-state index contributed by atoms with van der Waals surface area (Å²) in [6.07, 6.45) is 6.63. The normalized spacial score (nSPS) is 17.3. The van der Waals surface area contributed by atoms with Crippen molar-refractivity contribution in [2.24, 2.45) is 5.41 Å². The topological polar surface area (TPSA) is 104 Å². The number of carbonyl (C=O) groups is 2. The van der Waals surface area contributed by atoms with Gasteiger partial charge in [0, 0.05) is 13.0 Å². The molecule has 0 aromatic rings. The number of hydrogen-bond donors (Lipinski definition) is 2. The summed E-state index contributed by atoms with van der Waals surface area (Å²) in [5.74, 6) is 0.128. The average molecular weight is 421 g/mol. The van der Waals surface area contributed by atoms with Crippen LogP contribution in [-0.4, -0.2) is 30.1 Å². The molecule has 0 saturated heterocycles. The van der Waals surface area contributed by atoms with Gasteiger partial charge in [0.05, 0.1) is 0 Å². The Hall–Kier alpha value is -0.426. The number of rotatable bonds is 3. The van der Waals surface area contributed by atoms with E-state index in [-0.39, 0.29) is 11.8 Å². The maximum atomic E-state index is 11.0. The zero-order valence-corrected chi connectivity index (χ0v) is 20.2. The average Bonchev–Trinajstić information content (AvgIpc) is 2.53. The van der Waals surface area contributed by atoms with Crippen molar-refractivity contribution < 1.29 is 40.5 Å². The molecule has 1 saturated carbocycles. The van der Waals surface area contributed by atoms with Gasteiger partial charge < -0.3 is 15.5 Å². The fraction of sp³-hybridized carbons (Fsp3) is 0.900. The summed E-state index contributed by atoms with van der Waals surface area (Å²) < 4.78 is 2.39. The molecule has 6 nitrogen and oxygen atoms in total. The Morgan fingerprint density at radius 1 is 1.04 bits per heavy atom. The molecular weight excluding hydrogens is 380 g/mol. The minimum Gasteiger partial charge on any atom is -0.852 e. The largest absolute Gasteiger partial charge is 0.852 e. The van der Waals surface area contributed by atoms with E-state index in [0.29, 0.717) is 11.5 Å². The maximum absolute atomic E-state index is 11.0. The molecule has 1 rings (SSSR count). The van der Waals surface area contributed by atoms with Gasteiger partial charge in [-0.2, -0.15) is 0 Å². The molecule has 1 atom stereocenters. The van der Waals surface area contributed by atoms with Crippen LogP contribution >= 0.6 is 0 Å². The van der Waals surface area contributed by atoms with Crippen molar-refractivity contribution in [1.29, 1.82) is 0 Å². The first-order valence-electron chi connectivity index (χ1n) is 9.87. The minimum atomic E-state index is -0.417. The predicted octanol–water partition coefficient (Wildman–Crippen LogP) is 1.97. The van der Waals surface area contributed by atoms with Crippen LogP contribution in [-0.2, 0) is 30.3 Å². The molecule has 2 N–H and O–H groups in total. The molecule has 0 aromatic heterocycles. The molecule has 0 spiro atoms. The minimum absolute atomic E-state index is 0.00463. The smallest absolute Gasteiger partial charge is 0.217 e. The summed E-state index contributed by atoms with van der Waals surface area (Å²) >= 11 is 1.60. The molecule has 0 bridgehead atoms. The van der Waals surface area contributed by atoms with Crippen LogP contribution in [0.25, 0.3) is 0 Å². The van der Waals surface area contributed by atoms with Gasteiger partial charge >= 0.3 is 42.1 Å². The van der Waals surface area contributed by atoms with Gasteiger partial charge in [0.1, 0.15) is 0 Å². The van der Waals surface area contributed by atoms with E-state index in [1.807, 2.05) is 0 Å². The molecule has 1 fully saturated rings. The number of carbonyl (C=O) groups excluding carboxylic acids is 2. The van der Waals surface area contributed by atoms with Crippen molar-refractivity contribution in [3.63, 3.8) is 0 Å². The van der Waals surface area contributed by atoms with Gasteiger partial charge in [-0.15, -0.1) is 12.2 Å². The van der Waals surface area contributed by atoms with Gasteiger partial charge in [-0.05, 0) is 24.7 Å². The molecule has 0 radical (unpaired) electrons. The monoisotopic (exact) mass is 421 g/mol. The summed E-state index contributed by atoms with van der Waals surface area (Å²) in [5.41, 5.74) is 0.505. The first-order chi connectivity index (χ1) is 12.4. The molecule has 159 valence electrons. The van der Waals surface area contributed by atoms with Crippen molar-refractivity contribution in [2.45, 2.75) is 112 Å². The van der Waals surface area contributed by atoms with Crippen molar-refractivity contribution in [1.82, 2.24) is 9.12 Å². The fourth-order valence-electron chi connectivity index (χ4n) is 2.75. The van der Waals surface area contributed by atoms with Crippen molar-refractivity contribution in [3.8, 4) is 0 Å². The second-order valence-corrected chi connectivity index (χ2v) is 7.87. The van der Waals surface area contributed by atoms with E-state index >= 15 is 0 Å². The Labute approximate surface area is 179 Å². The van der Waals surface area contributed by atoms with Gasteiger partial charge in [-0.25, -0.2) is 0 Å². The van der Waals surface area contributed by atoms with Gasteiger partial charge in [-0.3, -0.25) is 4.79 Å². The second-order valence-electron chi connectivity index (χ2n) is 7.48. The Morgan fingerprint density at radius 3 is 1.67 bits per heavy atom. The van der Waals surface area contributed by atoms with Crippen LogP contribution in [0.15, 0.2) is 0 Å². The van der Waals surface area contributed by atoms with Crippen LogP contribution in [0.2, 0.25) is 0 Å². The van der Waals surface area contributed by atoms with Crippen LogP contribution in [0, 0.1) is 5.41 Å². The van der Waals surface area contributed by atoms with E-state index in [4.69, 9.17) is 0 Å². The van der Waals surface area contributed by atoms with Crippen LogP contribution in [0.1, 0.15) is 93.9 Å². The van der Waals surface area contributed by atoms with E-state index in [1.165, 1.54) is 45.4 Å². The Morgan fingerprint density at radius 2 is 1.41 bits per heavy atom. The number of nitrogens with one attached hydrogen (secondary N) is 2. The molecule has 2 amide bonds. The van der Waals surface area contributed by atoms with E-state index in [9.17, 15) is 19.8 Å². The molecule has 0 aliphatic heterocycles. The number of amides is 2. The van der Waals surface area contributed by atoms with E-state index < -0.39 is 12.2 Å².